The maximum absolute atomic E-state index is 11.8. The molecule has 2 nitrogen and oxygen atoms in total. The normalized spacial score (nSPS) is 17.8. The van der Waals surface area contributed by atoms with Gasteiger partial charge in [-0.25, -0.2) is 0 Å². The van der Waals surface area contributed by atoms with E-state index in [1.165, 1.54) is 0 Å². The van der Waals surface area contributed by atoms with Gasteiger partial charge in [0.05, 0.1) is 0 Å². The first-order valence-corrected chi connectivity index (χ1v) is 7.33. The predicted octanol–water partition coefficient (Wildman–Crippen LogP) is 2.72. The average molecular weight is 245 g/mol. The summed E-state index contributed by atoms with van der Waals surface area (Å²) >= 11 is 0. The van der Waals surface area contributed by atoms with Gasteiger partial charge in [0.15, 0.2) is 0 Å². The number of rotatable bonds is 7. The second-order valence-electron chi connectivity index (χ2n) is 5.41. The molecule has 0 aliphatic heterocycles. The Bertz CT molecular complexity index is 233. The summed E-state index contributed by atoms with van der Waals surface area (Å²) < 4.78 is 11.7. The van der Waals surface area contributed by atoms with Gasteiger partial charge in [0, 0.05) is 33.9 Å². The molecule has 3 unspecified atom stereocenters. The van der Waals surface area contributed by atoms with Crippen molar-refractivity contribution in [2.75, 3.05) is 12.3 Å². The molecule has 16 heavy (non-hydrogen) atoms. The molecular weight excluding hydrogens is 218 g/mol. The van der Waals surface area contributed by atoms with Crippen LogP contribution < -0.4 is 5.32 Å². The molecule has 0 saturated carbocycles. The van der Waals surface area contributed by atoms with Crippen LogP contribution in [0.5, 0.6) is 0 Å². The standard InChI is InChI=1S/C13H27NOS/c1-7-8-11(2)12(3)14-9-10-16(15)13(4,5)6/h7,11-12,14H,1,8-10H2,2-6H3. The van der Waals surface area contributed by atoms with Gasteiger partial charge >= 0.3 is 0 Å². The first kappa shape index (κ1) is 15.9. The van der Waals surface area contributed by atoms with Gasteiger partial charge in [0.25, 0.3) is 0 Å². The third-order valence-electron chi connectivity index (χ3n) is 2.83. The molecule has 3 heteroatoms. The molecule has 0 heterocycles. The molecule has 0 amide bonds. The van der Waals surface area contributed by atoms with E-state index in [0.717, 1.165) is 18.7 Å². The van der Waals surface area contributed by atoms with E-state index in [-0.39, 0.29) is 4.75 Å². The molecule has 0 rings (SSSR count). The Morgan fingerprint density at radius 1 is 1.38 bits per heavy atom. The first-order valence-electron chi connectivity index (χ1n) is 6.01. The summed E-state index contributed by atoms with van der Waals surface area (Å²) in [4.78, 5) is 0. The molecule has 0 aromatic carbocycles. The Morgan fingerprint density at radius 2 is 1.94 bits per heavy atom. The molecule has 3 atom stereocenters. The Morgan fingerprint density at radius 3 is 2.38 bits per heavy atom. The highest BCUT2D eigenvalue weighted by Crippen LogP contribution is 2.11. The summed E-state index contributed by atoms with van der Waals surface area (Å²) in [5, 5.41) is 3.43. The van der Waals surface area contributed by atoms with Gasteiger partial charge in [0.1, 0.15) is 0 Å². The fourth-order valence-corrected chi connectivity index (χ4v) is 2.27. The minimum Gasteiger partial charge on any atom is -0.313 e. The molecule has 0 saturated heterocycles. The molecule has 96 valence electrons. The molecule has 0 aromatic rings. The molecule has 0 spiro atoms. The highest BCUT2D eigenvalue weighted by atomic mass is 32.2. The van der Waals surface area contributed by atoms with E-state index in [4.69, 9.17) is 0 Å². The van der Waals surface area contributed by atoms with Crippen LogP contribution in [0.2, 0.25) is 0 Å². The van der Waals surface area contributed by atoms with Crippen LogP contribution in [0.1, 0.15) is 41.0 Å². The van der Waals surface area contributed by atoms with Gasteiger partial charge in [-0.2, -0.15) is 0 Å². The lowest BCUT2D eigenvalue weighted by Crippen LogP contribution is -2.36. The molecule has 0 radical (unpaired) electrons. The minimum absolute atomic E-state index is 0.0996. The molecule has 1 N–H and O–H groups in total. The van der Waals surface area contributed by atoms with Crippen molar-refractivity contribution in [3.05, 3.63) is 12.7 Å². The fraction of sp³-hybridized carbons (Fsp3) is 0.846. The lowest BCUT2D eigenvalue weighted by atomic mass is 10.0. The maximum Gasteiger partial charge on any atom is 0.0375 e. The van der Waals surface area contributed by atoms with Gasteiger partial charge in [0.2, 0.25) is 0 Å². The number of allylic oxidation sites excluding steroid dienone is 1. The van der Waals surface area contributed by atoms with Crippen LogP contribution in [0, 0.1) is 5.92 Å². The van der Waals surface area contributed by atoms with E-state index < -0.39 is 10.8 Å². The molecule has 0 aliphatic rings. The third kappa shape index (κ3) is 6.44. The van der Waals surface area contributed by atoms with Gasteiger partial charge in [-0.05, 0) is 40.0 Å². The summed E-state index contributed by atoms with van der Waals surface area (Å²) in [5.41, 5.74) is 0. The van der Waals surface area contributed by atoms with E-state index >= 15 is 0 Å². The van der Waals surface area contributed by atoms with E-state index in [0.29, 0.717) is 12.0 Å². The van der Waals surface area contributed by atoms with Crippen molar-refractivity contribution in [2.24, 2.45) is 5.92 Å². The molecule has 0 fully saturated rings. The van der Waals surface area contributed by atoms with E-state index in [1.807, 2.05) is 26.8 Å². The predicted molar refractivity (Wildman–Crippen MR) is 74.2 cm³/mol. The number of nitrogens with one attached hydrogen (secondary N) is 1. The molecule has 0 aromatic heterocycles. The van der Waals surface area contributed by atoms with E-state index in [1.54, 1.807) is 0 Å². The zero-order chi connectivity index (χ0) is 12.8. The van der Waals surface area contributed by atoms with Crippen LogP contribution in [0.25, 0.3) is 0 Å². The van der Waals surface area contributed by atoms with Crippen LogP contribution in [0.15, 0.2) is 12.7 Å². The smallest absolute Gasteiger partial charge is 0.0375 e. The van der Waals surface area contributed by atoms with Crippen LogP contribution in [0.4, 0.5) is 0 Å². The summed E-state index contributed by atoms with van der Waals surface area (Å²) in [6.45, 7) is 15.0. The second kappa shape index (κ2) is 7.23. The van der Waals surface area contributed by atoms with Crippen molar-refractivity contribution in [3.63, 3.8) is 0 Å². The topological polar surface area (TPSA) is 29.1 Å². The molecule has 0 bridgehead atoms. The van der Waals surface area contributed by atoms with Gasteiger partial charge < -0.3 is 5.32 Å². The molecule has 0 aliphatic carbocycles. The number of hydrogen-bond donors (Lipinski definition) is 1. The summed E-state index contributed by atoms with van der Waals surface area (Å²) in [7, 11) is -0.753. The summed E-state index contributed by atoms with van der Waals surface area (Å²) in [6, 6.07) is 0.454. The van der Waals surface area contributed by atoms with Crippen LogP contribution >= 0.6 is 0 Å². The minimum atomic E-state index is -0.753. The number of hydrogen-bond acceptors (Lipinski definition) is 2. The van der Waals surface area contributed by atoms with Crippen molar-refractivity contribution in [2.45, 2.75) is 51.8 Å². The average Bonchev–Trinajstić information content (AvgIpc) is 2.16. The van der Waals surface area contributed by atoms with Crippen LogP contribution in [0.3, 0.4) is 0 Å². The lowest BCUT2D eigenvalue weighted by Gasteiger charge is -2.22. The first-order chi connectivity index (χ1) is 7.29. The highest BCUT2D eigenvalue weighted by Gasteiger charge is 2.19. The van der Waals surface area contributed by atoms with Gasteiger partial charge in [-0.15, -0.1) is 6.58 Å². The van der Waals surface area contributed by atoms with E-state index in [2.05, 4.69) is 25.7 Å². The Balaban J connectivity index is 3.82. The monoisotopic (exact) mass is 245 g/mol. The largest absolute Gasteiger partial charge is 0.313 e. The van der Waals surface area contributed by atoms with Crippen molar-refractivity contribution < 1.29 is 4.21 Å². The zero-order valence-corrected chi connectivity index (χ0v) is 12.2. The highest BCUT2D eigenvalue weighted by molar-refractivity contribution is 7.86. The van der Waals surface area contributed by atoms with Crippen LogP contribution in [-0.4, -0.2) is 27.3 Å². The fourth-order valence-electron chi connectivity index (χ4n) is 1.35. The van der Waals surface area contributed by atoms with Crippen molar-refractivity contribution in [1.82, 2.24) is 5.32 Å². The Labute approximate surface area is 103 Å². The SMILES string of the molecule is C=CCC(C)C(C)NCCS(=O)C(C)(C)C. The van der Waals surface area contributed by atoms with E-state index in [9.17, 15) is 4.21 Å². The van der Waals surface area contributed by atoms with Gasteiger partial charge in [-0.1, -0.05) is 13.0 Å². The maximum atomic E-state index is 11.8. The van der Waals surface area contributed by atoms with Crippen molar-refractivity contribution in [1.29, 1.82) is 0 Å². The zero-order valence-electron chi connectivity index (χ0n) is 11.4. The lowest BCUT2D eigenvalue weighted by molar-refractivity contribution is 0.412. The second-order valence-corrected chi connectivity index (χ2v) is 7.73. The Kier molecular flexibility index (Phi) is 7.16. The van der Waals surface area contributed by atoms with Crippen LogP contribution in [-0.2, 0) is 10.8 Å². The van der Waals surface area contributed by atoms with Gasteiger partial charge in [-0.3, -0.25) is 4.21 Å². The van der Waals surface area contributed by atoms with Crippen molar-refractivity contribution >= 4 is 10.8 Å². The summed E-state index contributed by atoms with van der Waals surface area (Å²) in [6.07, 6.45) is 2.98. The molecular formula is C13H27NOS. The Hall–Kier alpha value is -0.150. The quantitative estimate of drug-likeness (QED) is 0.699. The summed E-state index contributed by atoms with van der Waals surface area (Å²) in [5.74, 6) is 1.31. The third-order valence-corrected chi connectivity index (χ3v) is 4.77. The van der Waals surface area contributed by atoms with Crippen molar-refractivity contribution in [3.8, 4) is 0 Å².